The van der Waals surface area contributed by atoms with Crippen LogP contribution in [0.3, 0.4) is 0 Å². The highest BCUT2D eigenvalue weighted by atomic mass is 19.4. The molecule has 3 nitrogen and oxygen atoms in total. The summed E-state index contributed by atoms with van der Waals surface area (Å²) in [5.41, 5.74) is 4.15. The van der Waals surface area contributed by atoms with E-state index in [1.807, 2.05) is 0 Å². The van der Waals surface area contributed by atoms with Crippen molar-refractivity contribution < 1.29 is 17.6 Å². The van der Waals surface area contributed by atoms with Crippen molar-refractivity contribution in [2.45, 2.75) is 6.18 Å². The first-order chi connectivity index (χ1) is 7.45. The number of nitrogen functional groups attached to an aromatic ring is 1. The topological polar surface area (TPSA) is 52.0 Å². The summed E-state index contributed by atoms with van der Waals surface area (Å²) < 4.78 is 42.8. The van der Waals surface area contributed by atoms with Crippen LogP contribution in [0.1, 0.15) is 11.3 Å². The predicted molar refractivity (Wildman–Crippen MR) is 51.4 cm³/mol. The number of nitrogens with zero attached hydrogens (tertiary/aromatic N) is 1. The fraction of sp³-hybridized carbons (Fsp3) is 0.100. The lowest BCUT2D eigenvalue weighted by atomic mass is 10.1. The SMILES string of the molecule is C#Cc1oc2nccc(C(F)(F)F)c2c1N. The Labute approximate surface area is 88.1 Å². The smallest absolute Gasteiger partial charge is 0.417 e. The zero-order valence-electron chi connectivity index (χ0n) is 7.80. The minimum absolute atomic E-state index is 0.140. The lowest BCUT2D eigenvalue weighted by molar-refractivity contribution is -0.136. The Morgan fingerprint density at radius 3 is 2.69 bits per heavy atom. The third kappa shape index (κ3) is 1.37. The maximum Gasteiger partial charge on any atom is 0.417 e. The van der Waals surface area contributed by atoms with Gasteiger partial charge in [-0.3, -0.25) is 0 Å². The fourth-order valence-corrected chi connectivity index (χ4v) is 1.39. The monoisotopic (exact) mass is 226 g/mol. The average Bonchev–Trinajstić information content (AvgIpc) is 2.54. The molecule has 0 saturated heterocycles. The van der Waals surface area contributed by atoms with E-state index in [0.717, 1.165) is 12.3 Å². The van der Waals surface area contributed by atoms with Crippen molar-refractivity contribution in [3.8, 4) is 12.3 Å². The molecule has 2 N–H and O–H groups in total. The van der Waals surface area contributed by atoms with Crippen molar-refractivity contribution in [1.29, 1.82) is 0 Å². The van der Waals surface area contributed by atoms with Crippen LogP contribution in [-0.4, -0.2) is 4.98 Å². The Kier molecular flexibility index (Phi) is 2.05. The molecular formula is C10H5F3N2O. The summed E-state index contributed by atoms with van der Waals surface area (Å²) >= 11 is 0. The van der Waals surface area contributed by atoms with Gasteiger partial charge in [0.1, 0.15) is 0 Å². The number of terminal acetylenes is 1. The van der Waals surface area contributed by atoms with E-state index in [4.69, 9.17) is 16.6 Å². The van der Waals surface area contributed by atoms with Crippen LogP contribution in [0.2, 0.25) is 0 Å². The fourth-order valence-electron chi connectivity index (χ4n) is 1.39. The molecule has 0 unspecified atom stereocenters. The zero-order valence-corrected chi connectivity index (χ0v) is 7.80. The molecule has 6 heteroatoms. The second-order valence-corrected chi connectivity index (χ2v) is 3.03. The Morgan fingerprint density at radius 1 is 1.44 bits per heavy atom. The van der Waals surface area contributed by atoms with Crippen molar-refractivity contribution in [1.82, 2.24) is 4.98 Å². The van der Waals surface area contributed by atoms with Crippen LogP contribution in [0.25, 0.3) is 11.1 Å². The van der Waals surface area contributed by atoms with Gasteiger partial charge in [-0.05, 0) is 12.0 Å². The molecule has 2 aromatic rings. The van der Waals surface area contributed by atoms with Crippen LogP contribution < -0.4 is 5.73 Å². The molecule has 0 amide bonds. The first-order valence-corrected chi connectivity index (χ1v) is 4.16. The molecule has 82 valence electrons. The number of halogens is 3. The Balaban J connectivity index is 2.88. The molecule has 0 aromatic carbocycles. The number of rotatable bonds is 0. The van der Waals surface area contributed by atoms with Gasteiger partial charge in [0.05, 0.1) is 16.6 Å². The first kappa shape index (κ1) is 10.4. The summed E-state index contributed by atoms with van der Waals surface area (Å²) in [6.07, 6.45) is 1.51. The lowest BCUT2D eigenvalue weighted by Crippen LogP contribution is -2.06. The Hall–Kier alpha value is -2.16. The first-order valence-electron chi connectivity index (χ1n) is 4.16. The van der Waals surface area contributed by atoms with E-state index in [1.165, 1.54) is 0 Å². The van der Waals surface area contributed by atoms with Crippen LogP contribution in [0.5, 0.6) is 0 Å². The quantitative estimate of drug-likeness (QED) is 0.702. The van der Waals surface area contributed by atoms with E-state index in [1.54, 1.807) is 0 Å². The molecule has 0 bridgehead atoms. The van der Waals surface area contributed by atoms with Crippen molar-refractivity contribution in [2.24, 2.45) is 0 Å². The number of alkyl halides is 3. The van der Waals surface area contributed by atoms with Gasteiger partial charge in [0, 0.05) is 6.20 Å². The molecule has 2 aromatic heterocycles. The summed E-state index contributed by atoms with van der Waals surface area (Å²) in [7, 11) is 0. The van der Waals surface area contributed by atoms with Gasteiger partial charge >= 0.3 is 6.18 Å². The lowest BCUT2D eigenvalue weighted by Gasteiger charge is -2.06. The van der Waals surface area contributed by atoms with Crippen molar-refractivity contribution in [2.75, 3.05) is 5.73 Å². The molecular weight excluding hydrogens is 221 g/mol. The second kappa shape index (κ2) is 3.17. The summed E-state index contributed by atoms with van der Waals surface area (Å²) in [6, 6.07) is 0.828. The van der Waals surface area contributed by atoms with Crippen LogP contribution >= 0.6 is 0 Å². The minimum Gasteiger partial charge on any atom is -0.427 e. The van der Waals surface area contributed by atoms with E-state index in [0.29, 0.717) is 0 Å². The summed E-state index contributed by atoms with van der Waals surface area (Å²) in [4.78, 5) is 3.64. The summed E-state index contributed by atoms with van der Waals surface area (Å²) in [6.45, 7) is 0. The molecule has 0 radical (unpaired) electrons. The number of hydrogen-bond acceptors (Lipinski definition) is 3. The number of furan rings is 1. The highest BCUT2D eigenvalue weighted by Crippen LogP contribution is 2.38. The average molecular weight is 226 g/mol. The van der Waals surface area contributed by atoms with E-state index in [-0.39, 0.29) is 22.5 Å². The number of aromatic nitrogens is 1. The molecule has 0 aliphatic carbocycles. The zero-order chi connectivity index (χ0) is 11.9. The summed E-state index contributed by atoms with van der Waals surface area (Å²) in [5, 5.41) is -0.289. The van der Waals surface area contributed by atoms with Gasteiger partial charge in [0.15, 0.2) is 0 Å². The predicted octanol–water partition coefficient (Wildman–Crippen LogP) is 2.41. The molecule has 0 aliphatic rings. The summed E-state index contributed by atoms with van der Waals surface area (Å²) in [5.74, 6) is 1.92. The van der Waals surface area contributed by atoms with E-state index in [9.17, 15) is 13.2 Å². The number of pyridine rings is 1. The molecule has 0 fully saturated rings. The minimum atomic E-state index is -4.52. The molecule has 2 heterocycles. The Bertz CT molecular complexity index is 592. The highest BCUT2D eigenvalue weighted by molar-refractivity contribution is 5.93. The third-order valence-corrected chi connectivity index (χ3v) is 2.07. The van der Waals surface area contributed by atoms with E-state index >= 15 is 0 Å². The molecule has 0 saturated carbocycles. The molecule has 0 atom stereocenters. The normalized spacial score (nSPS) is 11.6. The van der Waals surface area contributed by atoms with Gasteiger partial charge in [0.25, 0.3) is 0 Å². The standard InChI is InChI=1S/C10H5F3N2O/c1-2-6-8(14)7-5(10(11,12)13)3-4-15-9(7)16-6/h1,3-4H,14H2. The Morgan fingerprint density at radius 2 is 2.12 bits per heavy atom. The third-order valence-electron chi connectivity index (χ3n) is 2.07. The number of anilines is 1. The highest BCUT2D eigenvalue weighted by Gasteiger charge is 2.35. The number of fused-ring (bicyclic) bond motifs is 1. The van der Waals surface area contributed by atoms with Crippen molar-refractivity contribution in [3.63, 3.8) is 0 Å². The molecule has 0 spiro atoms. The maximum atomic E-state index is 12.6. The van der Waals surface area contributed by atoms with Gasteiger partial charge in [-0.1, -0.05) is 0 Å². The van der Waals surface area contributed by atoms with Gasteiger partial charge in [0.2, 0.25) is 11.5 Å². The van der Waals surface area contributed by atoms with Crippen molar-refractivity contribution >= 4 is 16.8 Å². The van der Waals surface area contributed by atoms with Gasteiger partial charge in [-0.25, -0.2) is 4.98 Å². The second-order valence-electron chi connectivity index (χ2n) is 3.03. The molecule has 16 heavy (non-hydrogen) atoms. The largest absolute Gasteiger partial charge is 0.427 e. The van der Waals surface area contributed by atoms with Crippen molar-refractivity contribution in [3.05, 3.63) is 23.6 Å². The van der Waals surface area contributed by atoms with Crippen LogP contribution in [-0.2, 0) is 6.18 Å². The van der Waals surface area contributed by atoms with E-state index in [2.05, 4.69) is 10.9 Å². The molecule has 0 aliphatic heterocycles. The molecule has 2 rings (SSSR count). The van der Waals surface area contributed by atoms with Gasteiger partial charge in [-0.15, -0.1) is 6.42 Å². The van der Waals surface area contributed by atoms with Gasteiger partial charge < -0.3 is 10.2 Å². The van der Waals surface area contributed by atoms with Crippen LogP contribution in [0.15, 0.2) is 16.7 Å². The van der Waals surface area contributed by atoms with Crippen LogP contribution in [0.4, 0.5) is 18.9 Å². The number of hydrogen-bond donors (Lipinski definition) is 1. The van der Waals surface area contributed by atoms with Gasteiger partial charge in [-0.2, -0.15) is 13.2 Å². The number of nitrogens with two attached hydrogens (primary N) is 1. The van der Waals surface area contributed by atoms with E-state index < -0.39 is 11.7 Å². The van der Waals surface area contributed by atoms with Crippen LogP contribution in [0, 0.1) is 12.3 Å². The maximum absolute atomic E-state index is 12.6.